The number of hydrogen-bond acceptors (Lipinski definition) is 5. The van der Waals surface area contributed by atoms with Gasteiger partial charge in [0.1, 0.15) is 5.84 Å². The Balaban J connectivity index is 1.61. The second-order valence-corrected chi connectivity index (χ2v) is 8.14. The molecule has 0 aromatic heterocycles. The highest BCUT2D eigenvalue weighted by Gasteiger charge is 2.28. The number of fused-ring (bicyclic) bond motifs is 1. The maximum atomic E-state index is 12.7. The molecule has 7 nitrogen and oxygen atoms in total. The van der Waals surface area contributed by atoms with Crippen molar-refractivity contribution in [2.24, 2.45) is 10.3 Å². The summed E-state index contributed by atoms with van der Waals surface area (Å²) < 4.78 is 26.8. The Morgan fingerprint density at radius 3 is 2.75 bits per heavy atom. The van der Waals surface area contributed by atoms with Crippen molar-refractivity contribution in [1.82, 2.24) is 15.1 Å². The molecule has 0 saturated carbocycles. The summed E-state index contributed by atoms with van der Waals surface area (Å²) in [6.45, 7) is 5.98. The van der Waals surface area contributed by atoms with Gasteiger partial charge in [-0.2, -0.15) is 0 Å². The third kappa shape index (κ3) is 3.87. The molecule has 1 fully saturated rings. The summed E-state index contributed by atoms with van der Waals surface area (Å²) in [5.41, 5.74) is 0.596. The van der Waals surface area contributed by atoms with Crippen molar-refractivity contribution in [2.45, 2.75) is 19.8 Å². The van der Waals surface area contributed by atoms with E-state index in [1.165, 1.54) is 0 Å². The lowest BCUT2D eigenvalue weighted by Crippen LogP contribution is -2.43. The molecule has 0 aromatic carbocycles. The van der Waals surface area contributed by atoms with Gasteiger partial charge in [0, 0.05) is 25.8 Å². The summed E-state index contributed by atoms with van der Waals surface area (Å²) in [5.74, 6) is 1.02. The van der Waals surface area contributed by atoms with E-state index in [0.717, 1.165) is 39.0 Å². The molecule has 132 valence electrons. The van der Waals surface area contributed by atoms with E-state index in [-0.39, 0.29) is 11.7 Å². The van der Waals surface area contributed by atoms with Crippen molar-refractivity contribution in [3.05, 3.63) is 23.9 Å². The number of nitrogens with one attached hydrogen (secondary N) is 1. The lowest BCUT2D eigenvalue weighted by molar-refractivity contribution is -0.128. The van der Waals surface area contributed by atoms with Gasteiger partial charge in [-0.05, 0) is 44.0 Å². The minimum atomic E-state index is -3.36. The normalized spacial score (nSPS) is 23.5. The van der Waals surface area contributed by atoms with Gasteiger partial charge in [0.15, 0.2) is 0 Å². The van der Waals surface area contributed by atoms with Crippen LogP contribution in [0.15, 0.2) is 28.3 Å². The standard InChI is InChI=1S/C16H24N4O3S/c1-2-17-11-13-5-7-19(8-6-13)16(21)14-3-4-15-18-24(22,23)10-9-20(15)12-14/h3-4,12-13,17H,2,5-11H2,1H3. The Bertz CT molecular complexity index is 688. The molecule has 24 heavy (non-hydrogen) atoms. The van der Waals surface area contributed by atoms with E-state index in [2.05, 4.69) is 16.6 Å². The third-order valence-electron chi connectivity index (χ3n) is 4.66. The second kappa shape index (κ2) is 7.06. The molecular weight excluding hydrogens is 328 g/mol. The molecule has 0 aromatic rings. The van der Waals surface area contributed by atoms with Gasteiger partial charge in [-0.25, -0.2) is 8.42 Å². The van der Waals surface area contributed by atoms with Crippen molar-refractivity contribution in [1.29, 1.82) is 0 Å². The molecule has 1 amide bonds. The van der Waals surface area contributed by atoms with E-state index >= 15 is 0 Å². The van der Waals surface area contributed by atoms with Crippen molar-refractivity contribution in [3.63, 3.8) is 0 Å². The summed E-state index contributed by atoms with van der Waals surface area (Å²) in [5, 5.41) is 3.37. The first-order valence-corrected chi connectivity index (χ1v) is 10.1. The summed E-state index contributed by atoms with van der Waals surface area (Å²) in [6.07, 6.45) is 7.04. The Hall–Kier alpha value is -1.67. The fourth-order valence-corrected chi connectivity index (χ4v) is 4.17. The molecule has 0 unspecified atom stereocenters. The average molecular weight is 352 g/mol. The van der Waals surface area contributed by atoms with Crippen LogP contribution in [0.3, 0.4) is 0 Å². The highest BCUT2D eigenvalue weighted by Crippen LogP contribution is 2.21. The van der Waals surface area contributed by atoms with Crippen LogP contribution in [0.2, 0.25) is 0 Å². The second-order valence-electron chi connectivity index (χ2n) is 6.39. The molecule has 1 saturated heterocycles. The van der Waals surface area contributed by atoms with Crippen LogP contribution in [0.5, 0.6) is 0 Å². The molecule has 0 spiro atoms. The highest BCUT2D eigenvalue weighted by atomic mass is 32.2. The zero-order chi connectivity index (χ0) is 17.2. The van der Waals surface area contributed by atoms with Gasteiger partial charge in [-0.15, -0.1) is 4.40 Å². The molecule has 3 aliphatic heterocycles. The van der Waals surface area contributed by atoms with Gasteiger partial charge >= 0.3 is 0 Å². The first-order chi connectivity index (χ1) is 11.5. The number of hydrogen-bond donors (Lipinski definition) is 1. The van der Waals surface area contributed by atoms with Crippen LogP contribution in [-0.2, 0) is 14.8 Å². The number of sulfonamides is 1. The fourth-order valence-electron chi connectivity index (χ4n) is 3.20. The lowest BCUT2D eigenvalue weighted by atomic mass is 9.96. The number of amides is 1. The van der Waals surface area contributed by atoms with Crippen molar-refractivity contribution in [2.75, 3.05) is 38.5 Å². The van der Waals surface area contributed by atoms with E-state index < -0.39 is 10.0 Å². The molecule has 3 aliphatic rings. The maximum absolute atomic E-state index is 12.7. The number of likely N-dealkylation sites (tertiary alicyclic amines) is 1. The van der Waals surface area contributed by atoms with Crippen LogP contribution in [0.25, 0.3) is 0 Å². The minimum Gasteiger partial charge on any atom is -0.339 e. The summed E-state index contributed by atoms with van der Waals surface area (Å²) in [4.78, 5) is 16.3. The molecule has 0 radical (unpaired) electrons. The number of carbonyl (C=O) groups excluding carboxylic acids is 1. The van der Waals surface area contributed by atoms with Gasteiger partial charge in [-0.1, -0.05) is 6.92 Å². The molecule has 0 aliphatic carbocycles. The van der Waals surface area contributed by atoms with Gasteiger partial charge in [0.25, 0.3) is 15.9 Å². The zero-order valence-electron chi connectivity index (χ0n) is 13.9. The molecule has 0 atom stereocenters. The van der Waals surface area contributed by atoms with Crippen LogP contribution < -0.4 is 5.32 Å². The summed E-state index contributed by atoms with van der Waals surface area (Å²) in [7, 11) is -3.36. The number of amidine groups is 1. The predicted octanol–water partition coefficient (Wildman–Crippen LogP) is 0.332. The fraction of sp³-hybridized carbons (Fsp3) is 0.625. The van der Waals surface area contributed by atoms with Crippen LogP contribution in [-0.4, -0.2) is 68.4 Å². The first kappa shape index (κ1) is 17.2. The molecule has 3 heterocycles. The van der Waals surface area contributed by atoms with Gasteiger partial charge < -0.3 is 15.1 Å². The largest absolute Gasteiger partial charge is 0.339 e. The van der Waals surface area contributed by atoms with Gasteiger partial charge in [0.05, 0.1) is 11.3 Å². The SMILES string of the molecule is CCNCC1CCN(C(=O)C2=CN3CCS(=O)(=O)N=C3C=C2)CC1. The minimum absolute atomic E-state index is 0.0145. The smallest absolute Gasteiger partial charge is 0.256 e. The van der Waals surface area contributed by atoms with Crippen LogP contribution in [0, 0.1) is 5.92 Å². The molecule has 0 bridgehead atoms. The Morgan fingerprint density at radius 1 is 1.29 bits per heavy atom. The van der Waals surface area contributed by atoms with E-state index in [1.807, 2.05) is 4.90 Å². The third-order valence-corrected chi connectivity index (χ3v) is 5.82. The number of piperidine rings is 1. The lowest BCUT2D eigenvalue weighted by Gasteiger charge is -2.33. The number of nitrogens with zero attached hydrogens (tertiary/aromatic N) is 3. The first-order valence-electron chi connectivity index (χ1n) is 8.47. The van der Waals surface area contributed by atoms with E-state index in [0.29, 0.717) is 23.9 Å². The van der Waals surface area contributed by atoms with Gasteiger partial charge in [-0.3, -0.25) is 4.79 Å². The van der Waals surface area contributed by atoms with Crippen molar-refractivity contribution < 1.29 is 13.2 Å². The van der Waals surface area contributed by atoms with E-state index in [1.54, 1.807) is 23.3 Å². The molecule has 3 rings (SSSR count). The molecule has 8 heteroatoms. The van der Waals surface area contributed by atoms with Crippen LogP contribution in [0.4, 0.5) is 0 Å². The van der Waals surface area contributed by atoms with E-state index in [4.69, 9.17) is 0 Å². The maximum Gasteiger partial charge on any atom is 0.256 e. The predicted molar refractivity (Wildman–Crippen MR) is 93.0 cm³/mol. The Kier molecular flexibility index (Phi) is 5.05. The van der Waals surface area contributed by atoms with Crippen molar-refractivity contribution >= 4 is 21.8 Å². The van der Waals surface area contributed by atoms with E-state index in [9.17, 15) is 13.2 Å². The highest BCUT2D eigenvalue weighted by molar-refractivity contribution is 7.90. The quantitative estimate of drug-likeness (QED) is 0.789. The van der Waals surface area contributed by atoms with Gasteiger partial charge in [0.2, 0.25) is 0 Å². The monoisotopic (exact) mass is 352 g/mol. The summed E-state index contributed by atoms with van der Waals surface area (Å²) >= 11 is 0. The average Bonchev–Trinajstić information content (AvgIpc) is 2.58. The topological polar surface area (TPSA) is 82.1 Å². The van der Waals surface area contributed by atoms with Crippen LogP contribution in [0.1, 0.15) is 19.8 Å². The summed E-state index contributed by atoms with van der Waals surface area (Å²) in [6, 6.07) is 0. The number of carbonyl (C=O) groups is 1. The zero-order valence-corrected chi connectivity index (χ0v) is 14.8. The van der Waals surface area contributed by atoms with Crippen LogP contribution >= 0.6 is 0 Å². The Labute approximate surface area is 143 Å². The molecule has 1 N–H and O–H groups in total. The van der Waals surface area contributed by atoms with Crippen molar-refractivity contribution in [3.8, 4) is 0 Å². The number of rotatable bonds is 4. The molecular formula is C16H24N4O3S. The Morgan fingerprint density at radius 2 is 2.04 bits per heavy atom.